The molecule has 0 saturated heterocycles. The third-order valence-corrected chi connectivity index (χ3v) is 4.67. The summed E-state index contributed by atoms with van der Waals surface area (Å²) in [4.78, 5) is 5.51. The average Bonchev–Trinajstić information content (AvgIpc) is 2.78. The van der Waals surface area contributed by atoms with Gasteiger partial charge in [0.2, 0.25) is 0 Å². The van der Waals surface area contributed by atoms with Crippen LogP contribution in [0.25, 0.3) is 0 Å². The molecule has 1 rings (SSSR count). The zero-order chi connectivity index (χ0) is 13.2. The fourth-order valence-electron chi connectivity index (χ4n) is 1.42. The summed E-state index contributed by atoms with van der Waals surface area (Å²) in [6, 6.07) is 4.19. The van der Waals surface area contributed by atoms with Gasteiger partial charge in [-0.05, 0) is 52.9 Å². The molecule has 3 nitrogen and oxygen atoms in total. The molecule has 0 aliphatic carbocycles. The van der Waals surface area contributed by atoms with Gasteiger partial charge in [-0.25, -0.2) is 0 Å². The highest BCUT2D eigenvalue weighted by Crippen LogP contribution is 2.21. The van der Waals surface area contributed by atoms with Gasteiger partial charge >= 0.3 is 0 Å². The van der Waals surface area contributed by atoms with E-state index in [1.54, 1.807) is 11.3 Å². The standard InChI is InChI=1S/C12H20BrN3S2/c1-14-12(15-7-3-4-8-17-2)16-9-10-5-6-11(13)18-10/h5-6H,3-4,7-9H2,1-2H3,(H2,14,15,16). The molecule has 2 N–H and O–H groups in total. The predicted molar refractivity (Wildman–Crippen MR) is 87.8 cm³/mol. The van der Waals surface area contributed by atoms with Crippen LogP contribution in [-0.4, -0.2) is 31.6 Å². The minimum atomic E-state index is 0.820. The van der Waals surface area contributed by atoms with E-state index >= 15 is 0 Å². The van der Waals surface area contributed by atoms with Gasteiger partial charge in [-0.3, -0.25) is 4.99 Å². The van der Waals surface area contributed by atoms with E-state index in [1.165, 1.54) is 27.3 Å². The van der Waals surface area contributed by atoms with Crippen LogP contribution in [0, 0.1) is 0 Å². The Bertz CT molecular complexity index is 366. The molecule has 0 aromatic carbocycles. The fraction of sp³-hybridized carbons (Fsp3) is 0.583. The SMILES string of the molecule is CN=C(NCCCCSC)NCc1ccc(Br)s1. The maximum Gasteiger partial charge on any atom is 0.191 e. The lowest BCUT2D eigenvalue weighted by molar-refractivity contribution is 0.734. The Morgan fingerprint density at radius 2 is 2.22 bits per heavy atom. The maximum atomic E-state index is 4.21. The summed E-state index contributed by atoms with van der Waals surface area (Å²) in [6.45, 7) is 1.80. The first-order chi connectivity index (χ1) is 8.76. The van der Waals surface area contributed by atoms with E-state index < -0.39 is 0 Å². The first kappa shape index (κ1) is 15.9. The van der Waals surface area contributed by atoms with E-state index in [9.17, 15) is 0 Å². The Hall–Kier alpha value is -0.200. The second-order valence-corrected chi connectivity index (χ2v) is 7.29. The largest absolute Gasteiger partial charge is 0.356 e. The number of rotatable bonds is 7. The van der Waals surface area contributed by atoms with E-state index in [-0.39, 0.29) is 0 Å². The summed E-state index contributed by atoms with van der Waals surface area (Å²) >= 11 is 7.11. The van der Waals surface area contributed by atoms with Crippen molar-refractivity contribution in [1.82, 2.24) is 10.6 Å². The number of hydrogen-bond donors (Lipinski definition) is 2. The zero-order valence-electron chi connectivity index (χ0n) is 10.8. The van der Waals surface area contributed by atoms with Gasteiger partial charge in [0.25, 0.3) is 0 Å². The fourth-order valence-corrected chi connectivity index (χ4v) is 3.33. The second kappa shape index (κ2) is 9.69. The molecular formula is C12H20BrN3S2. The van der Waals surface area contributed by atoms with Crippen molar-refractivity contribution in [3.63, 3.8) is 0 Å². The Morgan fingerprint density at radius 1 is 1.39 bits per heavy atom. The van der Waals surface area contributed by atoms with Crippen LogP contribution in [-0.2, 0) is 6.54 Å². The van der Waals surface area contributed by atoms with Crippen LogP contribution in [0.4, 0.5) is 0 Å². The smallest absolute Gasteiger partial charge is 0.191 e. The van der Waals surface area contributed by atoms with Crippen molar-refractivity contribution in [2.24, 2.45) is 4.99 Å². The quantitative estimate of drug-likeness (QED) is 0.450. The second-order valence-electron chi connectivity index (χ2n) is 3.76. The summed E-state index contributed by atoms with van der Waals surface area (Å²) in [5.41, 5.74) is 0. The number of thioether (sulfide) groups is 1. The normalized spacial score (nSPS) is 11.6. The first-order valence-corrected chi connectivity index (χ1v) is 8.94. The van der Waals surface area contributed by atoms with Gasteiger partial charge in [0, 0.05) is 18.5 Å². The van der Waals surface area contributed by atoms with Gasteiger partial charge in [0.15, 0.2) is 5.96 Å². The third-order valence-electron chi connectivity index (χ3n) is 2.35. The molecule has 0 atom stereocenters. The Labute approximate surface area is 126 Å². The van der Waals surface area contributed by atoms with Gasteiger partial charge < -0.3 is 10.6 Å². The van der Waals surface area contributed by atoms with Gasteiger partial charge in [-0.1, -0.05) is 0 Å². The van der Waals surface area contributed by atoms with Crippen molar-refractivity contribution in [3.05, 3.63) is 20.8 Å². The topological polar surface area (TPSA) is 36.4 Å². The van der Waals surface area contributed by atoms with E-state index in [1.807, 2.05) is 18.8 Å². The Morgan fingerprint density at radius 3 is 2.83 bits per heavy atom. The lowest BCUT2D eigenvalue weighted by Gasteiger charge is -2.10. The third kappa shape index (κ3) is 6.66. The summed E-state index contributed by atoms with van der Waals surface area (Å²) < 4.78 is 1.17. The molecule has 18 heavy (non-hydrogen) atoms. The van der Waals surface area contributed by atoms with E-state index in [0.717, 1.165) is 19.0 Å². The van der Waals surface area contributed by atoms with Crippen molar-refractivity contribution >= 4 is 45.0 Å². The molecule has 0 saturated carbocycles. The Balaban J connectivity index is 2.18. The van der Waals surface area contributed by atoms with E-state index in [2.05, 4.69) is 49.9 Å². The van der Waals surface area contributed by atoms with Crippen LogP contribution < -0.4 is 10.6 Å². The molecule has 0 bridgehead atoms. The molecule has 0 amide bonds. The molecule has 0 aliphatic rings. The molecule has 6 heteroatoms. The van der Waals surface area contributed by atoms with Crippen LogP contribution >= 0.6 is 39.0 Å². The van der Waals surface area contributed by atoms with Crippen LogP contribution in [0.15, 0.2) is 20.9 Å². The monoisotopic (exact) mass is 349 g/mol. The number of hydrogen-bond acceptors (Lipinski definition) is 3. The number of nitrogens with zero attached hydrogens (tertiary/aromatic N) is 1. The van der Waals surface area contributed by atoms with Crippen molar-refractivity contribution < 1.29 is 0 Å². The highest BCUT2D eigenvalue weighted by Gasteiger charge is 2.00. The van der Waals surface area contributed by atoms with Gasteiger partial charge in [-0.15, -0.1) is 11.3 Å². The summed E-state index contributed by atoms with van der Waals surface area (Å²) in [7, 11) is 1.81. The number of guanidine groups is 1. The molecule has 0 radical (unpaired) electrons. The van der Waals surface area contributed by atoms with Crippen LogP contribution in [0.3, 0.4) is 0 Å². The number of aliphatic imine (C=N–C) groups is 1. The minimum Gasteiger partial charge on any atom is -0.356 e. The molecule has 0 aliphatic heterocycles. The summed E-state index contributed by atoms with van der Waals surface area (Å²) in [5, 5.41) is 6.64. The van der Waals surface area contributed by atoms with Crippen LogP contribution in [0.2, 0.25) is 0 Å². The molecule has 102 valence electrons. The van der Waals surface area contributed by atoms with Gasteiger partial charge in [0.05, 0.1) is 10.3 Å². The van der Waals surface area contributed by atoms with Crippen molar-refractivity contribution in [3.8, 4) is 0 Å². The number of nitrogens with one attached hydrogen (secondary N) is 2. The molecule has 1 aromatic rings. The highest BCUT2D eigenvalue weighted by atomic mass is 79.9. The van der Waals surface area contributed by atoms with Crippen molar-refractivity contribution in [2.75, 3.05) is 25.6 Å². The summed E-state index contributed by atoms with van der Waals surface area (Å²) in [5.74, 6) is 2.11. The Kier molecular flexibility index (Phi) is 8.54. The number of unbranched alkanes of at least 4 members (excludes halogenated alkanes) is 1. The van der Waals surface area contributed by atoms with Crippen LogP contribution in [0.1, 0.15) is 17.7 Å². The number of thiophene rings is 1. The maximum absolute atomic E-state index is 4.21. The van der Waals surface area contributed by atoms with Crippen molar-refractivity contribution in [1.29, 1.82) is 0 Å². The van der Waals surface area contributed by atoms with Crippen molar-refractivity contribution in [2.45, 2.75) is 19.4 Å². The lowest BCUT2D eigenvalue weighted by atomic mass is 10.3. The lowest BCUT2D eigenvalue weighted by Crippen LogP contribution is -2.37. The molecular weight excluding hydrogens is 330 g/mol. The van der Waals surface area contributed by atoms with Gasteiger partial charge in [0.1, 0.15) is 0 Å². The van der Waals surface area contributed by atoms with E-state index in [4.69, 9.17) is 0 Å². The molecule has 0 spiro atoms. The molecule has 0 unspecified atom stereocenters. The zero-order valence-corrected chi connectivity index (χ0v) is 14.1. The number of halogens is 1. The van der Waals surface area contributed by atoms with Crippen LogP contribution in [0.5, 0.6) is 0 Å². The highest BCUT2D eigenvalue weighted by molar-refractivity contribution is 9.11. The molecule has 0 fully saturated rings. The molecule has 1 aromatic heterocycles. The summed E-state index contributed by atoms with van der Waals surface area (Å²) in [6.07, 6.45) is 4.59. The molecule has 1 heterocycles. The van der Waals surface area contributed by atoms with Gasteiger partial charge in [-0.2, -0.15) is 11.8 Å². The first-order valence-electron chi connectivity index (χ1n) is 5.94. The average molecular weight is 350 g/mol. The minimum absolute atomic E-state index is 0.820. The predicted octanol–water partition coefficient (Wildman–Crippen LogP) is 3.32. The van der Waals surface area contributed by atoms with E-state index in [0.29, 0.717) is 0 Å².